The number of guanidine groups is 1. The Labute approximate surface area is 111 Å². The van der Waals surface area contributed by atoms with E-state index in [1.165, 1.54) is 25.7 Å². The minimum absolute atomic E-state index is 0.277. The van der Waals surface area contributed by atoms with Crippen LogP contribution in [0.15, 0.2) is 4.99 Å². The highest BCUT2D eigenvalue weighted by Gasteiger charge is 2.37. The number of aliphatic imine (C=N–C) groups is 1. The lowest BCUT2D eigenvalue weighted by Crippen LogP contribution is -2.47. The van der Waals surface area contributed by atoms with Gasteiger partial charge in [0, 0.05) is 20.1 Å². The van der Waals surface area contributed by atoms with Gasteiger partial charge >= 0.3 is 0 Å². The van der Waals surface area contributed by atoms with E-state index >= 15 is 0 Å². The third kappa shape index (κ3) is 4.83. The normalized spacial score (nSPS) is 18.6. The van der Waals surface area contributed by atoms with Crippen molar-refractivity contribution in [2.45, 2.75) is 46.0 Å². The molecule has 1 aliphatic carbocycles. The molecule has 1 rings (SSSR count). The Balaban J connectivity index is 2.32. The number of nitrogens with one attached hydrogen (secondary N) is 2. The number of rotatable bonds is 7. The second kappa shape index (κ2) is 7.59. The SMILES string of the molecule is CN=C(NCCCF)NCC1(CC(C)C)CCC1. The zero-order valence-electron chi connectivity index (χ0n) is 12.1. The Morgan fingerprint density at radius 1 is 1.33 bits per heavy atom. The zero-order valence-corrected chi connectivity index (χ0v) is 12.1. The van der Waals surface area contributed by atoms with Gasteiger partial charge in [-0.15, -0.1) is 0 Å². The Hall–Kier alpha value is -0.800. The fraction of sp³-hybridized carbons (Fsp3) is 0.929. The van der Waals surface area contributed by atoms with Crippen molar-refractivity contribution < 1.29 is 4.39 Å². The van der Waals surface area contributed by atoms with E-state index in [0.29, 0.717) is 18.4 Å². The van der Waals surface area contributed by atoms with Gasteiger partial charge in [-0.2, -0.15) is 0 Å². The van der Waals surface area contributed by atoms with Crippen LogP contribution in [0.3, 0.4) is 0 Å². The molecule has 0 radical (unpaired) electrons. The van der Waals surface area contributed by atoms with E-state index in [2.05, 4.69) is 29.5 Å². The van der Waals surface area contributed by atoms with E-state index in [4.69, 9.17) is 0 Å². The molecule has 0 aromatic carbocycles. The molecule has 18 heavy (non-hydrogen) atoms. The average Bonchev–Trinajstić information content (AvgIpc) is 2.29. The second-order valence-corrected chi connectivity index (χ2v) is 5.85. The van der Waals surface area contributed by atoms with Crippen LogP contribution < -0.4 is 10.6 Å². The summed E-state index contributed by atoms with van der Waals surface area (Å²) in [6.45, 7) is 5.93. The second-order valence-electron chi connectivity index (χ2n) is 5.85. The largest absolute Gasteiger partial charge is 0.356 e. The first-order valence-electron chi connectivity index (χ1n) is 7.12. The molecule has 0 atom stereocenters. The summed E-state index contributed by atoms with van der Waals surface area (Å²) in [6, 6.07) is 0. The van der Waals surface area contributed by atoms with Crippen LogP contribution in [0.1, 0.15) is 46.0 Å². The summed E-state index contributed by atoms with van der Waals surface area (Å²) in [6.07, 6.45) is 5.81. The van der Waals surface area contributed by atoms with Crippen LogP contribution in [0.4, 0.5) is 4.39 Å². The summed E-state index contributed by atoms with van der Waals surface area (Å²) < 4.78 is 12.0. The topological polar surface area (TPSA) is 36.4 Å². The van der Waals surface area contributed by atoms with Gasteiger partial charge in [-0.25, -0.2) is 0 Å². The van der Waals surface area contributed by atoms with Crippen LogP contribution in [0, 0.1) is 11.3 Å². The molecule has 0 unspecified atom stereocenters. The van der Waals surface area contributed by atoms with Crippen molar-refractivity contribution in [2.24, 2.45) is 16.3 Å². The molecule has 2 N–H and O–H groups in total. The average molecular weight is 257 g/mol. The molecule has 0 amide bonds. The zero-order chi connectivity index (χ0) is 13.4. The van der Waals surface area contributed by atoms with Crippen molar-refractivity contribution in [3.63, 3.8) is 0 Å². The van der Waals surface area contributed by atoms with Gasteiger partial charge in [-0.05, 0) is 37.0 Å². The molecule has 0 aromatic rings. The molecule has 0 saturated heterocycles. The predicted octanol–water partition coefficient (Wildman–Crippen LogP) is 2.73. The molecular weight excluding hydrogens is 229 g/mol. The molecule has 106 valence electrons. The van der Waals surface area contributed by atoms with Gasteiger partial charge in [0.2, 0.25) is 0 Å². The summed E-state index contributed by atoms with van der Waals surface area (Å²) in [7, 11) is 1.76. The van der Waals surface area contributed by atoms with Crippen LogP contribution >= 0.6 is 0 Å². The van der Waals surface area contributed by atoms with Crippen molar-refractivity contribution >= 4 is 5.96 Å². The van der Waals surface area contributed by atoms with Crippen molar-refractivity contribution in [1.82, 2.24) is 10.6 Å². The third-order valence-corrected chi connectivity index (χ3v) is 3.71. The number of hydrogen-bond acceptors (Lipinski definition) is 1. The van der Waals surface area contributed by atoms with Gasteiger partial charge in [0.1, 0.15) is 0 Å². The van der Waals surface area contributed by atoms with Gasteiger partial charge in [-0.1, -0.05) is 20.3 Å². The molecule has 0 spiro atoms. The van der Waals surface area contributed by atoms with E-state index in [0.717, 1.165) is 18.4 Å². The molecule has 0 aromatic heterocycles. The monoisotopic (exact) mass is 257 g/mol. The van der Waals surface area contributed by atoms with Crippen LogP contribution in [0.2, 0.25) is 0 Å². The summed E-state index contributed by atoms with van der Waals surface area (Å²) in [5, 5.41) is 6.54. The minimum Gasteiger partial charge on any atom is -0.356 e. The number of hydrogen-bond donors (Lipinski definition) is 2. The maximum absolute atomic E-state index is 12.0. The van der Waals surface area contributed by atoms with Crippen molar-refractivity contribution in [3.8, 4) is 0 Å². The van der Waals surface area contributed by atoms with Gasteiger partial charge in [-0.3, -0.25) is 9.38 Å². The molecule has 0 bridgehead atoms. The predicted molar refractivity (Wildman–Crippen MR) is 75.7 cm³/mol. The van der Waals surface area contributed by atoms with E-state index in [1.54, 1.807) is 7.05 Å². The van der Waals surface area contributed by atoms with Crippen LogP contribution in [-0.4, -0.2) is 32.8 Å². The standard InChI is InChI=1S/C14H28FN3/c1-12(2)10-14(6-4-7-14)11-18-13(16-3)17-9-5-8-15/h12H,4-11H2,1-3H3,(H2,16,17,18). The minimum atomic E-state index is -0.277. The van der Waals surface area contributed by atoms with Crippen LogP contribution in [-0.2, 0) is 0 Å². The van der Waals surface area contributed by atoms with Crippen LogP contribution in [0.5, 0.6) is 0 Å². The molecule has 3 nitrogen and oxygen atoms in total. The molecule has 0 aliphatic heterocycles. The lowest BCUT2D eigenvalue weighted by atomic mass is 9.64. The van der Waals surface area contributed by atoms with Crippen LogP contribution in [0.25, 0.3) is 0 Å². The number of halogens is 1. The highest BCUT2D eigenvalue weighted by molar-refractivity contribution is 5.79. The van der Waals surface area contributed by atoms with Crippen molar-refractivity contribution in [2.75, 3.05) is 26.8 Å². The lowest BCUT2D eigenvalue weighted by molar-refractivity contribution is 0.104. The van der Waals surface area contributed by atoms with E-state index in [-0.39, 0.29) is 6.67 Å². The van der Waals surface area contributed by atoms with Gasteiger partial charge < -0.3 is 10.6 Å². The first-order chi connectivity index (χ1) is 8.62. The highest BCUT2D eigenvalue weighted by atomic mass is 19.1. The lowest BCUT2D eigenvalue weighted by Gasteiger charge is -2.43. The quantitative estimate of drug-likeness (QED) is 0.418. The summed E-state index contributed by atoms with van der Waals surface area (Å²) >= 11 is 0. The summed E-state index contributed by atoms with van der Waals surface area (Å²) in [5.41, 5.74) is 0.464. The molecule has 1 saturated carbocycles. The molecule has 1 aliphatic rings. The number of alkyl halides is 1. The van der Waals surface area contributed by atoms with E-state index < -0.39 is 0 Å². The maximum atomic E-state index is 12.0. The Morgan fingerprint density at radius 3 is 2.50 bits per heavy atom. The highest BCUT2D eigenvalue weighted by Crippen LogP contribution is 2.45. The van der Waals surface area contributed by atoms with E-state index in [1.807, 2.05) is 0 Å². The fourth-order valence-electron chi connectivity index (χ4n) is 2.76. The first kappa shape index (κ1) is 15.3. The van der Waals surface area contributed by atoms with Gasteiger partial charge in [0.25, 0.3) is 0 Å². The Kier molecular flexibility index (Phi) is 6.44. The molecular formula is C14H28FN3. The smallest absolute Gasteiger partial charge is 0.190 e. The molecule has 0 heterocycles. The van der Waals surface area contributed by atoms with Gasteiger partial charge in [0.05, 0.1) is 6.67 Å². The van der Waals surface area contributed by atoms with E-state index in [9.17, 15) is 4.39 Å². The molecule has 1 fully saturated rings. The first-order valence-corrected chi connectivity index (χ1v) is 7.12. The maximum Gasteiger partial charge on any atom is 0.190 e. The summed E-state index contributed by atoms with van der Waals surface area (Å²) in [4.78, 5) is 4.17. The molecule has 4 heteroatoms. The third-order valence-electron chi connectivity index (χ3n) is 3.71. The van der Waals surface area contributed by atoms with Crippen molar-refractivity contribution in [1.29, 1.82) is 0 Å². The Morgan fingerprint density at radius 2 is 2.06 bits per heavy atom. The Bertz CT molecular complexity index is 260. The summed E-state index contributed by atoms with van der Waals surface area (Å²) in [5.74, 6) is 1.55. The van der Waals surface area contributed by atoms with Crippen molar-refractivity contribution in [3.05, 3.63) is 0 Å². The fourth-order valence-corrected chi connectivity index (χ4v) is 2.76. The number of nitrogens with zero attached hydrogens (tertiary/aromatic N) is 1. The van der Waals surface area contributed by atoms with Gasteiger partial charge in [0.15, 0.2) is 5.96 Å².